The highest BCUT2D eigenvalue weighted by Crippen LogP contribution is 2.30. The second-order valence-corrected chi connectivity index (χ2v) is 9.55. The number of hydrogen-bond acceptors (Lipinski definition) is 7. The van der Waals surface area contributed by atoms with E-state index in [0.29, 0.717) is 23.5 Å². The van der Waals surface area contributed by atoms with Crippen LogP contribution in [0.25, 0.3) is 22.4 Å². The summed E-state index contributed by atoms with van der Waals surface area (Å²) in [4.78, 5) is 15.3. The van der Waals surface area contributed by atoms with Crippen molar-refractivity contribution in [3.63, 3.8) is 0 Å². The summed E-state index contributed by atoms with van der Waals surface area (Å²) in [6, 6.07) is 17.9. The van der Waals surface area contributed by atoms with Gasteiger partial charge in [0.25, 0.3) is 5.56 Å². The van der Waals surface area contributed by atoms with Crippen LogP contribution in [0.3, 0.4) is 0 Å². The Morgan fingerprint density at radius 1 is 0.886 bits per heavy atom. The number of aryl methyl sites for hydroxylation is 1. The summed E-state index contributed by atoms with van der Waals surface area (Å²) in [5.41, 5.74) is 1.81. The van der Waals surface area contributed by atoms with E-state index < -0.39 is 0 Å². The van der Waals surface area contributed by atoms with E-state index in [1.165, 1.54) is 19.3 Å². The van der Waals surface area contributed by atoms with Crippen LogP contribution in [0, 0.1) is 0 Å². The highest BCUT2D eigenvalue weighted by molar-refractivity contribution is 7.98. The largest absolute Gasteiger partial charge is 0.341 e. The van der Waals surface area contributed by atoms with Crippen LogP contribution in [0.1, 0.15) is 32.0 Å². The maximum atomic E-state index is 13.0. The number of nitrogens with zero attached hydrogens (tertiary/aromatic N) is 8. The van der Waals surface area contributed by atoms with Crippen molar-refractivity contribution in [1.29, 1.82) is 0 Å². The fraction of sp³-hybridized carbons (Fsp3) is 0.320. The van der Waals surface area contributed by atoms with Crippen LogP contribution in [0.4, 0.5) is 5.95 Å². The standard InChI is InChI=1S/C25H26N8OS/c1-2-31-22(34)19-13-7-8-14-20(19)33-21(26-28-24(31)33)17-35-25-29-27-23(30-15-9-4-10-16-30)32(25)18-11-5-3-6-12-18/h3,5-8,11-14H,2,4,9-10,15-17H2,1H3. The molecule has 0 unspecified atom stereocenters. The van der Waals surface area contributed by atoms with Crippen molar-refractivity contribution >= 4 is 34.4 Å². The van der Waals surface area contributed by atoms with Gasteiger partial charge >= 0.3 is 0 Å². The summed E-state index contributed by atoms with van der Waals surface area (Å²) < 4.78 is 5.80. The van der Waals surface area contributed by atoms with Gasteiger partial charge in [-0.15, -0.1) is 20.4 Å². The topological polar surface area (TPSA) is 86.1 Å². The number of piperidine rings is 1. The molecule has 0 spiro atoms. The molecule has 0 N–H and O–H groups in total. The van der Waals surface area contributed by atoms with E-state index in [4.69, 9.17) is 0 Å². The molecule has 10 heteroatoms. The second kappa shape index (κ2) is 9.18. The number of aromatic nitrogens is 7. The maximum absolute atomic E-state index is 13.0. The normalized spacial score (nSPS) is 14.3. The molecule has 178 valence electrons. The Morgan fingerprint density at radius 2 is 1.66 bits per heavy atom. The lowest BCUT2D eigenvalue weighted by Crippen LogP contribution is -2.31. The summed E-state index contributed by atoms with van der Waals surface area (Å²) in [7, 11) is 0. The van der Waals surface area contributed by atoms with E-state index >= 15 is 0 Å². The first-order valence-electron chi connectivity index (χ1n) is 12.0. The molecule has 1 aliphatic rings. The molecule has 0 aliphatic carbocycles. The summed E-state index contributed by atoms with van der Waals surface area (Å²) in [6.07, 6.45) is 3.60. The molecule has 5 aromatic rings. The maximum Gasteiger partial charge on any atom is 0.262 e. The lowest BCUT2D eigenvalue weighted by atomic mass is 10.1. The zero-order chi connectivity index (χ0) is 23.8. The van der Waals surface area contributed by atoms with Gasteiger partial charge in [0.2, 0.25) is 11.7 Å². The monoisotopic (exact) mass is 486 g/mol. The van der Waals surface area contributed by atoms with Gasteiger partial charge in [0, 0.05) is 19.6 Å². The zero-order valence-corrected chi connectivity index (χ0v) is 20.4. The van der Waals surface area contributed by atoms with Crippen molar-refractivity contribution in [2.75, 3.05) is 18.0 Å². The first kappa shape index (κ1) is 21.8. The predicted molar refractivity (Wildman–Crippen MR) is 137 cm³/mol. The van der Waals surface area contributed by atoms with Crippen molar-refractivity contribution < 1.29 is 0 Å². The molecule has 0 saturated carbocycles. The molecule has 35 heavy (non-hydrogen) atoms. The minimum absolute atomic E-state index is 0.0443. The van der Waals surface area contributed by atoms with Crippen LogP contribution in [0.5, 0.6) is 0 Å². The molecule has 0 atom stereocenters. The quantitative estimate of drug-likeness (QED) is 0.336. The van der Waals surface area contributed by atoms with Crippen LogP contribution >= 0.6 is 11.8 Å². The number of para-hydroxylation sites is 2. The van der Waals surface area contributed by atoms with Gasteiger partial charge in [-0.25, -0.2) is 0 Å². The number of anilines is 1. The summed E-state index contributed by atoms with van der Waals surface area (Å²) >= 11 is 1.58. The van der Waals surface area contributed by atoms with Gasteiger partial charge in [-0.2, -0.15) is 0 Å². The van der Waals surface area contributed by atoms with Gasteiger partial charge < -0.3 is 4.90 Å². The van der Waals surface area contributed by atoms with E-state index in [0.717, 1.165) is 41.2 Å². The SMILES string of the molecule is CCn1c(=O)c2ccccc2n2c(CSc3nnc(N4CCCCC4)n3-c3ccccc3)nnc12. The molecule has 0 amide bonds. The summed E-state index contributed by atoms with van der Waals surface area (Å²) in [5, 5.41) is 19.5. The third-order valence-corrected chi connectivity index (χ3v) is 7.42. The summed E-state index contributed by atoms with van der Waals surface area (Å²) in [6.45, 7) is 4.46. The average Bonchev–Trinajstić information content (AvgIpc) is 3.53. The average molecular weight is 487 g/mol. The number of hydrogen-bond donors (Lipinski definition) is 0. The number of benzene rings is 2. The Labute approximate surface area is 206 Å². The minimum atomic E-state index is -0.0443. The molecule has 1 fully saturated rings. The van der Waals surface area contributed by atoms with Crippen molar-refractivity contribution in [3.8, 4) is 5.69 Å². The Morgan fingerprint density at radius 3 is 2.46 bits per heavy atom. The van der Waals surface area contributed by atoms with Gasteiger partial charge in [-0.05, 0) is 50.5 Å². The molecular weight excluding hydrogens is 460 g/mol. The van der Waals surface area contributed by atoms with Crippen molar-refractivity contribution in [2.24, 2.45) is 0 Å². The Kier molecular flexibility index (Phi) is 5.73. The molecule has 4 heterocycles. The molecule has 2 aromatic carbocycles. The molecule has 1 saturated heterocycles. The van der Waals surface area contributed by atoms with Gasteiger partial charge in [0.05, 0.1) is 22.3 Å². The van der Waals surface area contributed by atoms with Gasteiger partial charge in [0.15, 0.2) is 5.16 Å². The summed E-state index contributed by atoms with van der Waals surface area (Å²) in [5.74, 6) is 2.75. The fourth-order valence-electron chi connectivity index (χ4n) is 4.78. The molecule has 9 nitrogen and oxygen atoms in total. The van der Waals surface area contributed by atoms with Crippen LogP contribution in [-0.4, -0.2) is 47.0 Å². The molecule has 6 rings (SSSR count). The number of rotatable bonds is 6. The van der Waals surface area contributed by atoms with Gasteiger partial charge in [-0.3, -0.25) is 18.3 Å². The molecule has 3 aromatic heterocycles. The predicted octanol–water partition coefficient (Wildman–Crippen LogP) is 3.93. The third kappa shape index (κ3) is 3.78. The van der Waals surface area contributed by atoms with Crippen LogP contribution < -0.4 is 10.5 Å². The number of fused-ring (bicyclic) bond motifs is 3. The zero-order valence-electron chi connectivity index (χ0n) is 19.5. The lowest BCUT2D eigenvalue weighted by molar-refractivity contribution is 0.564. The van der Waals surface area contributed by atoms with E-state index in [1.807, 2.05) is 53.8 Å². The van der Waals surface area contributed by atoms with Crippen LogP contribution in [0.15, 0.2) is 64.5 Å². The number of thioether (sulfide) groups is 1. The minimum Gasteiger partial charge on any atom is -0.341 e. The van der Waals surface area contributed by atoms with Crippen LogP contribution in [-0.2, 0) is 12.3 Å². The van der Waals surface area contributed by atoms with E-state index in [-0.39, 0.29) is 5.56 Å². The van der Waals surface area contributed by atoms with Gasteiger partial charge in [0.1, 0.15) is 5.82 Å². The Hall–Kier alpha value is -3.66. The molecule has 1 aliphatic heterocycles. The van der Waals surface area contributed by atoms with Crippen LogP contribution in [0.2, 0.25) is 0 Å². The molecule has 0 radical (unpaired) electrons. The highest BCUT2D eigenvalue weighted by Gasteiger charge is 2.23. The lowest BCUT2D eigenvalue weighted by Gasteiger charge is -2.27. The first-order chi connectivity index (χ1) is 17.3. The van der Waals surface area contributed by atoms with E-state index in [1.54, 1.807) is 16.3 Å². The van der Waals surface area contributed by atoms with Crippen molar-refractivity contribution in [3.05, 3.63) is 70.8 Å². The molecule has 0 bridgehead atoms. The van der Waals surface area contributed by atoms with Crippen molar-refractivity contribution in [1.82, 2.24) is 33.9 Å². The third-order valence-electron chi connectivity index (χ3n) is 6.49. The molecular formula is C25H26N8OS. The van der Waals surface area contributed by atoms with Crippen molar-refractivity contribution in [2.45, 2.75) is 43.6 Å². The van der Waals surface area contributed by atoms with E-state index in [2.05, 4.69) is 42.0 Å². The van der Waals surface area contributed by atoms with Gasteiger partial charge in [-0.1, -0.05) is 42.1 Å². The van der Waals surface area contributed by atoms with E-state index in [9.17, 15) is 4.79 Å². The Bertz CT molecular complexity index is 1550. The Balaban J connectivity index is 1.41. The smallest absolute Gasteiger partial charge is 0.262 e. The first-order valence-corrected chi connectivity index (χ1v) is 13.0. The highest BCUT2D eigenvalue weighted by atomic mass is 32.2. The fourth-order valence-corrected chi connectivity index (χ4v) is 5.64. The second-order valence-electron chi connectivity index (χ2n) is 8.61.